The van der Waals surface area contributed by atoms with E-state index in [2.05, 4.69) is 0 Å². The van der Waals surface area contributed by atoms with E-state index in [4.69, 9.17) is 4.74 Å². The summed E-state index contributed by atoms with van der Waals surface area (Å²) >= 11 is 0. The van der Waals surface area contributed by atoms with Gasteiger partial charge in [-0.3, -0.25) is 4.90 Å². The molecule has 56 valence electrons. The summed E-state index contributed by atoms with van der Waals surface area (Å²) < 4.78 is 4.70. The van der Waals surface area contributed by atoms with Gasteiger partial charge in [-0.2, -0.15) is 0 Å². The standard InChI is InChI=1S/C7H11NO2/c1-2-3-4-8-5-6-10-7(8)9/h3-4H,2,5-6H2,1H3/b4-3+. The quantitative estimate of drug-likeness (QED) is 0.581. The highest BCUT2D eigenvalue weighted by molar-refractivity contribution is 5.70. The second kappa shape index (κ2) is 3.25. The molecule has 3 nitrogen and oxygen atoms in total. The normalized spacial score (nSPS) is 18.5. The van der Waals surface area contributed by atoms with Gasteiger partial charge in [0.05, 0.1) is 6.54 Å². The SMILES string of the molecule is CC/C=C/N1CCOC1=O. The molecule has 0 aromatic carbocycles. The third kappa shape index (κ3) is 1.50. The second-order valence-corrected chi connectivity index (χ2v) is 2.10. The van der Waals surface area contributed by atoms with Crippen LogP contribution >= 0.6 is 0 Å². The monoisotopic (exact) mass is 141 g/mol. The highest BCUT2D eigenvalue weighted by atomic mass is 16.6. The highest BCUT2D eigenvalue weighted by Gasteiger charge is 2.18. The van der Waals surface area contributed by atoms with Crippen molar-refractivity contribution in [3.63, 3.8) is 0 Å². The maximum atomic E-state index is 10.7. The third-order valence-electron chi connectivity index (χ3n) is 1.31. The van der Waals surface area contributed by atoms with Crippen LogP contribution in [0.3, 0.4) is 0 Å². The third-order valence-corrected chi connectivity index (χ3v) is 1.31. The minimum absolute atomic E-state index is 0.232. The molecule has 0 radical (unpaired) electrons. The van der Waals surface area contributed by atoms with Gasteiger partial charge in [-0.05, 0) is 6.42 Å². The second-order valence-electron chi connectivity index (χ2n) is 2.10. The van der Waals surface area contributed by atoms with E-state index in [-0.39, 0.29) is 6.09 Å². The Morgan fingerprint density at radius 3 is 3.10 bits per heavy atom. The highest BCUT2D eigenvalue weighted by Crippen LogP contribution is 2.03. The predicted octanol–water partition coefficient (Wildman–Crippen LogP) is 1.36. The van der Waals surface area contributed by atoms with Crippen molar-refractivity contribution in [3.05, 3.63) is 12.3 Å². The number of allylic oxidation sites excluding steroid dienone is 1. The number of cyclic esters (lactones) is 1. The van der Waals surface area contributed by atoms with Crippen LogP contribution in [-0.2, 0) is 4.74 Å². The van der Waals surface area contributed by atoms with Crippen molar-refractivity contribution in [2.24, 2.45) is 0 Å². The fourth-order valence-corrected chi connectivity index (χ4v) is 0.774. The van der Waals surface area contributed by atoms with Crippen molar-refractivity contribution in [2.75, 3.05) is 13.2 Å². The van der Waals surface area contributed by atoms with Gasteiger partial charge in [0.25, 0.3) is 0 Å². The minimum Gasteiger partial charge on any atom is -0.447 e. The first-order valence-corrected chi connectivity index (χ1v) is 3.44. The van der Waals surface area contributed by atoms with E-state index in [0.717, 1.165) is 6.42 Å². The molecule has 1 aliphatic heterocycles. The minimum atomic E-state index is -0.232. The van der Waals surface area contributed by atoms with Gasteiger partial charge in [0.1, 0.15) is 6.61 Å². The van der Waals surface area contributed by atoms with Gasteiger partial charge in [-0.15, -0.1) is 0 Å². The molecule has 1 saturated heterocycles. The number of carbonyl (C=O) groups is 1. The maximum absolute atomic E-state index is 10.7. The van der Waals surface area contributed by atoms with E-state index in [1.54, 1.807) is 11.1 Å². The van der Waals surface area contributed by atoms with Crippen LogP contribution in [0.2, 0.25) is 0 Å². The molecule has 1 amide bonds. The number of carbonyl (C=O) groups excluding carboxylic acids is 1. The van der Waals surface area contributed by atoms with Crippen molar-refractivity contribution < 1.29 is 9.53 Å². The number of amides is 1. The molecule has 3 heteroatoms. The first-order valence-electron chi connectivity index (χ1n) is 3.44. The summed E-state index contributed by atoms with van der Waals surface area (Å²) in [7, 11) is 0. The number of hydrogen-bond acceptors (Lipinski definition) is 2. The number of nitrogens with zero attached hydrogens (tertiary/aromatic N) is 1. The first-order chi connectivity index (χ1) is 4.84. The van der Waals surface area contributed by atoms with Crippen LogP contribution < -0.4 is 0 Å². The average Bonchev–Trinajstić information content (AvgIpc) is 2.31. The molecule has 1 rings (SSSR count). The summed E-state index contributed by atoms with van der Waals surface area (Å²) in [4.78, 5) is 12.3. The predicted molar refractivity (Wildman–Crippen MR) is 37.5 cm³/mol. The molecular weight excluding hydrogens is 130 g/mol. The van der Waals surface area contributed by atoms with Gasteiger partial charge in [0, 0.05) is 6.20 Å². The number of rotatable bonds is 2. The van der Waals surface area contributed by atoms with E-state index < -0.39 is 0 Å². The van der Waals surface area contributed by atoms with Gasteiger partial charge < -0.3 is 4.74 Å². The van der Waals surface area contributed by atoms with Crippen LogP contribution in [0, 0.1) is 0 Å². The Morgan fingerprint density at radius 2 is 2.60 bits per heavy atom. The molecule has 0 unspecified atom stereocenters. The van der Waals surface area contributed by atoms with Gasteiger partial charge >= 0.3 is 6.09 Å². The zero-order valence-electron chi connectivity index (χ0n) is 6.04. The molecule has 1 aliphatic rings. The molecule has 0 aromatic rings. The van der Waals surface area contributed by atoms with Crippen LogP contribution in [-0.4, -0.2) is 24.1 Å². The number of ether oxygens (including phenoxy) is 1. The lowest BCUT2D eigenvalue weighted by atomic mass is 10.4. The van der Waals surface area contributed by atoms with Gasteiger partial charge in [0.15, 0.2) is 0 Å². The lowest BCUT2D eigenvalue weighted by molar-refractivity contribution is 0.166. The van der Waals surface area contributed by atoms with Crippen molar-refractivity contribution in [1.29, 1.82) is 0 Å². The van der Waals surface area contributed by atoms with Gasteiger partial charge in [-0.1, -0.05) is 13.0 Å². The first kappa shape index (κ1) is 7.12. The van der Waals surface area contributed by atoms with E-state index in [1.165, 1.54) is 0 Å². The summed E-state index contributed by atoms with van der Waals surface area (Å²) in [6, 6.07) is 0. The van der Waals surface area contributed by atoms with Crippen molar-refractivity contribution in [3.8, 4) is 0 Å². The molecule has 1 heterocycles. The molecular formula is C7H11NO2. The van der Waals surface area contributed by atoms with Crippen LogP contribution in [0.1, 0.15) is 13.3 Å². The molecule has 0 spiro atoms. The van der Waals surface area contributed by atoms with Crippen LogP contribution in [0.5, 0.6) is 0 Å². The largest absolute Gasteiger partial charge is 0.447 e. The van der Waals surface area contributed by atoms with Crippen molar-refractivity contribution >= 4 is 6.09 Å². The molecule has 0 atom stereocenters. The Kier molecular flexibility index (Phi) is 2.31. The van der Waals surface area contributed by atoms with Crippen molar-refractivity contribution in [2.45, 2.75) is 13.3 Å². The summed E-state index contributed by atoms with van der Waals surface area (Å²) in [6.45, 7) is 3.24. The number of hydrogen-bond donors (Lipinski definition) is 0. The Hall–Kier alpha value is -0.990. The molecule has 10 heavy (non-hydrogen) atoms. The molecule has 0 aromatic heterocycles. The molecule has 1 fully saturated rings. The zero-order valence-corrected chi connectivity index (χ0v) is 6.04. The van der Waals surface area contributed by atoms with Crippen LogP contribution in [0.15, 0.2) is 12.3 Å². The lowest BCUT2D eigenvalue weighted by Crippen LogP contribution is -2.16. The Balaban J connectivity index is 2.40. The zero-order chi connectivity index (χ0) is 7.40. The Labute approximate surface area is 60.3 Å². The van der Waals surface area contributed by atoms with E-state index in [9.17, 15) is 4.79 Å². The van der Waals surface area contributed by atoms with Crippen LogP contribution in [0.25, 0.3) is 0 Å². The fraction of sp³-hybridized carbons (Fsp3) is 0.571. The molecule has 0 saturated carbocycles. The topological polar surface area (TPSA) is 29.5 Å². The summed E-state index contributed by atoms with van der Waals surface area (Å²) in [5.41, 5.74) is 0. The Bertz CT molecular complexity index is 154. The lowest BCUT2D eigenvalue weighted by Gasteiger charge is -2.03. The fourth-order valence-electron chi connectivity index (χ4n) is 0.774. The summed E-state index contributed by atoms with van der Waals surface area (Å²) in [5, 5.41) is 0. The maximum Gasteiger partial charge on any atom is 0.413 e. The molecule has 0 N–H and O–H groups in total. The van der Waals surface area contributed by atoms with E-state index >= 15 is 0 Å². The molecule has 0 aliphatic carbocycles. The molecule has 0 bridgehead atoms. The Morgan fingerprint density at radius 1 is 1.80 bits per heavy atom. The van der Waals surface area contributed by atoms with E-state index in [1.807, 2.05) is 13.0 Å². The van der Waals surface area contributed by atoms with Crippen LogP contribution in [0.4, 0.5) is 4.79 Å². The summed E-state index contributed by atoms with van der Waals surface area (Å²) in [6.07, 6.45) is 4.43. The van der Waals surface area contributed by atoms with Gasteiger partial charge in [0.2, 0.25) is 0 Å². The smallest absolute Gasteiger partial charge is 0.413 e. The van der Waals surface area contributed by atoms with Gasteiger partial charge in [-0.25, -0.2) is 4.79 Å². The van der Waals surface area contributed by atoms with E-state index in [0.29, 0.717) is 13.2 Å². The summed E-state index contributed by atoms with van der Waals surface area (Å²) in [5.74, 6) is 0. The van der Waals surface area contributed by atoms with Crippen molar-refractivity contribution in [1.82, 2.24) is 4.90 Å². The average molecular weight is 141 g/mol.